The Hall–Kier alpha value is -3.84. The van der Waals surface area contributed by atoms with E-state index >= 15 is 0 Å². The fourth-order valence-corrected chi connectivity index (χ4v) is 5.17. The molecule has 1 saturated carbocycles. The predicted octanol–water partition coefficient (Wildman–Crippen LogP) is 7.30. The summed E-state index contributed by atoms with van der Waals surface area (Å²) < 4.78 is 18.1. The summed E-state index contributed by atoms with van der Waals surface area (Å²) in [6.45, 7) is 4.32. The van der Waals surface area contributed by atoms with Crippen molar-refractivity contribution in [2.24, 2.45) is 0 Å². The number of hydrogen-bond acceptors (Lipinski definition) is 6. The molecule has 0 radical (unpaired) electrons. The van der Waals surface area contributed by atoms with Crippen molar-refractivity contribution in [3.63, 3.8) is 0 Å². The summed E-state index contributed by atoms with van der Waals surface area (Å²) in [6, 6.07) is 14.3. The van der Waals surface area contributed by atoms with Gasteiger partial charge in [0.05, 0.1) is 21.8 Å². The molecule has 0 unspecified atom stereocenters. The highest BCUT2D eigenvalue weighted by molar-refractivity contribution is 6.33. The van der Waals surface area contributed by atoms with E-state index in [0.717, 1.165) is 46.5 Å². The summed E-state index contributed by atoms with van der Waals surface area (Å²) in [5.41, 5.74) is 5.37. The van der Waals surface area contributed by atoms with Gasteiger partial charge in [0.1, 0.15) is 29.6 Å². The summed E-state index contributed by atoms with van der Waals surface area (Å²) in [4.78, 5) is 16.2. The standard InChI is InChI=1S/C29H25ClN2O5/c1-15-4-3-5-21(30)25(15)27-20(28(37-32-27)17-6-7-17)14-35-24-11-10-22-26(31-24)16(2)12-18-8-9-19(29(33)34)13-23(18)36-22/h3-5,8-11,13,16-17H,6-7,12,14H2,1-2H3,(H,33,34)/t16-/m0/s1. The third-order valence-electron chi connectivity index (χ3n) is 6.98. The number of hydrogen-bond donors (Lipinski definition) is 1. The smallest absolute Gasteiger partial charge is 0.335 e. The van der Waals surface area contributed by atoms with E-state index in [4.69, 9.17) is 30.6 Å². The van der Waals surface area contributed by atoms with Crippen molar-refractivity contribution in [1.82, 2.24) is 10.1 Å². The second-order valence-corrected chi connectivity index (χ2v) is 10.1. The Labute approximate surface area is 219 Å². The van der Waals surface area contributed by atoms with Crippen molar-refractivity contribution in [2.45, 2.75) is 51.6 Å². The number of carboxylic acid groups (broad SMARTS) is 1. The van der Waals surface area contributed by atoms with E-state index in [9.17, 15) is 9.90 Å². The normalized spacial score (nSPS) is 16.4. The SMILES string of the molecule is Cc1cccc(Cl)c1-c1noc(C2CC2)c1COc1ccc2c(n1)[C@@H](C)Cc1ccc(C(=O)O)cc1O2. The molecule has 2 aromatic heterocycles. The van der Waals surface area contributed by atoms with Gasteiger partial charge in [-0.2, -0.15) is 0 Å². The molecule has 188 valence electrons. The van der Waals surface area contributed by atoms with Crippen LogP contribution in [0, 0.1) is 6.92 Å². The predicted molar refractivity (Wildman–Crippen MR) is 138 cm³/mol. The molecule has 3 heterocycles. The molecular weight excluding hydrogens is 492 g/mol. The van der Waals surface area contributed by atoms with Crippen LogP contribution in [-0.2, 0) is 13.0 Å². The van der Waals surface area contributed by atoms with Crippen LogP contribution in [0.4, 0.5) is 0 Å². The van der Waals surface area contributed by atoms with Crippen LogP contribution in [0.15, 0.2) is 53.1 Å². The van der Waals surface area contributed by atoms with Gasteiger partial charge in [0.15, 0.2) is 0 Å². The third kappa shape index (κ3) is 4.44. The van der Waals surface area contributed by atoms with Crippen molar-refractivity contribution < 1.29 is 23.9 Å². The first-order valence-corrected chi connectivity index (χ1v) is 12.7. The number of ether oxygens (including phenoxy) is 2. The lowest BCUT2D eigenvalue weighted by Crippen LogP contribution is -2.05. The topological polar surface area (TPSA) is 94.7 Å². The Bertz CT molecular complexity index is 1500. The van der Waals surface area contributed by atoms with Gasteiger partial charge in [-0.1, -0.05) is 41.9 Å². The Balaban J connectivity index is 1.29. The third-order valence-corrected chi connectivity index (χ3v) is 7.29. The van der Waals surface area contributed by atoms with Crippen LogP contribution < -0.4 is 9.47 Å². The zero-order chi connectivity index (χ0) is 25.7. The molecule has 7 nitrogen and oxygen atoms in total. The van der Waals surface area contributed by atoms with Crippen molar-refractivity contribution in [2.75, 3.05) is 0 Å². The molecule has 1 N–H and O–H groups in total. The maximum atomic E-state index is 11.4. The van der Waals surface area contributed by atoms with E-state index < -0.39 is 5.97 Å². The van der Waals surface area contributed by atoms with Gasteiger partial charge in [-0.25, -0.2) is 9.78 Å². The molecule has 1 fully saturated rings. The van der Waals surface area contributed by atoms with Crippen LogP contribution in [-0.4, -0.2) is 21.2 Å². The number of pyridine rings is 1. The Morgan fingerprint density at radius 2 is 2.00 bits per heavy atom. The van der Waals surface area contributed by atoms with Gasteiger partial charge >= 0.3 is 5.97 Å². The number of aryl methyl sites for hydroxylation is 1. The number of aromatic nitrogens is 2. The molecule has 2 aromatic carbocycles. The average molecular weight is 517 g/mol. The van der Waals surface area contributed by atoms with Crippen molar-refractivity contribution in [1.29, 1.82) is 0 Å². The highest BCUT2D eigenvalue weighted by atomic mass is 35.5. The molecule has 1 atom stereocenters. The van der Waals surface area contributed by atoms with Gasteiger partial charge in [0, 0.05) is 23.5 Å². The maximum absolute atomic E-state index is 11.4. The van der Waals surface area contributed by atoms with Gasteiger partial charge in [0.25, 0.3) is 0 Å². The van der Waals surface area contributed by atoms with Gasteiger partial charge in [0.2, 0.25) is 5.88 Å². The van der Waals surface area contributed by atoms with Gasteiger partial charge < -0.3 is 19.1 Å². The van der Waals surface area contributed by atoms with Crippen molar-refractivity contribution >= 4 is 17.6 Å². The summed E-state index contributed by atoms with van der Waals surface area (Å²) in [7, 11) is 0. The lowest BCUT2D eigenvalue weighted by atomic mass is 9.97. The fourth-order valence-electron chi connectivity index (χ4n) is 4.86. The second kappa shape index (κ2) is 9.23. The molecule has 0 spiro atoms. The number of aromatic carboxylic acids is 1. The molecule has 8 heteroatoms. The van der Waals surface area contributed by atoms with Crippen molar-refractivity contribution in [3.8, 4) is 28.6 Å². The van der Waals surface area contributed by atoms with Crippen LogP contribution in [0.2, 0.25) is 5.02 Å². The van der Waals surface area contributed by atoms with E-state index in [1.807, 2.05) is 37.3 Å². The minimum atomic E-state index is -0.989. The minimum Gasteiger partial charge on any atom is -0.478 e. The summed E-state index contributed by atoms with van der Waals surface area (Å²) in [6.07, 6.45) is 2.81. The number of rotatable bonds is 6. The number of halogens is 1. The number of benzene rings is 2. The monoisotopic (exact) mass is 516 g/mol. The highest BCUT2D eigenvalue weighted by Gasteiger charge is 2.33. The zero-order valence-electron chi connectivity index (χ0n) is 20.5. The number of nitrogens with zero attached hydrogens (tertiary/aromatic N) is 2. The molecule has 0 amide bonds. The summed E-state index contributed by atoms with van der Waals surface area (Å²) in [5.74, 6) is 1.87. The largest absolute Gasteiger partial charge is 0.478 e. The Kier molecular flexibility index (Phi) is 5.88. The molecule has 0 saturated heterocycles. The van der Waals surface area contributed by atoms with E-state index in [0.29, 0.717) is 40.4 Å². The van der Waals surface area contributed by atoms with E-state index in [-0.39, 0.29) is 18.1 Å². The molecule has 1 aliphatic heterocycles. The summed E-state index contributed by atoms with van der Waals surface area (Å²) >= 11 is 6.55. The fraction of sp³-hybridized carbons (Fsp3) is 0.276. The first-order chi connectivity index (χ1) is 17.9. The lowest BCUT2D eigenvalue weighted by Gasteiger charge is -2.14. The molecule has 0 bridgehead atoms. The zero-order valence-corrected chi connectivity index (χ0v) is 21.2. The molecular formula is C29H25ClN2O5. The van der Waals surface area contributed by atoms with Crippen LogP contribution in [0.1, 0.15) is 70.1 Å². The molecule has 6 rings (SSSR count). The average Bonchev–Trinajstić information content (AvgIpc) is 3.65. The quantitative estimate of drug-likeness (QED) is 0.287. The van der Waals surface area contributed by atoms with E-state index in [1.54, 1.807) is 18.2 Å². The van der Waals surface area contributed by atoms with Crippen molar-refractivity contribution in [3.05, 3.63) is 87.3 Å². The molecule has 4 aromatic rings. The van der Waals surface area contributed by atoms with Crippen LogP contribution in [0.25, 0.3) is 11.3 Å². The lowest BCUT2D eigenvalue weighted by molar-refractivity contribution is 0.0696. The summed E-state index contributed by atoms with van der Waals surface area (Å²) in [5, 5.41) is 14.4. The molecule has 37 heavy (non-hydrogen) atoms. The van der Waals surface area contributed by atoms with Crippen LogP contribution in [0.3, 0.4) is 0 Å². The first kappa shape index (κ1) is 23.6. The van der Waals surface area contributed by atoms with E-state index in [2.05, 4.69) is 12.1 Å². The minimum absolute atomic E-state index is 0.0504. The molecule has 1 aliphatic carbocycles. The first-order valence-electron chi connectivity index (χ1n) is 12.3. The Morgan fingerprint density at radius 3 is 2.76 bits per heavy atom. The van der Waals surface area contributed by atoms with Gasteiger partial charge in [-0.3, -0.25) is 0 Å². The number of carbonyl (C=O) groups is 1. The molecule has 2 aliphatic rings. The van der Waals surface area contributed by atoms with Crippen LogP contribution >= 0.6 is 11.6 Å². The Morgan fingerprint density at radius 1 is 1.16 bits per heavy atom. The van der Waals surface area contributed by atoms with E-state index in [1.165, 1.54) is 0 Å². The number of fused-ring (bicyclic) bond motifs is 2. The van der Waals surface area contributed by atoms with Crippen LogP contribution in [0.5, 0.6) is 17.4 Å². The highest BCUT2D eigenvalue weighted by Crippen LogP contribution is 2.46. The number of carboxylic acids is 1. The second-order valence-electron chi connectivity index (χ2n) is 9.74. The van der Waals surface area contributed by atoms with Gasteiger partial charge in [-0.05, 0) is 61.6 Å². The maximum Gasteiger partial charge on any atom is 0.335 e. The van der Waals surface area contributed by atoms with Gasteiger partial charge in [-0.15, -0.1) is 0 Å².